The van der Waals surface area contributed by atoms with Gasteiger partial charge in [0.25, 0.3) is 0 Å². The van der Waals surface area contributed by atoms with Gasteiger partial charge in [0.05, 0.1) is 13.2 Å². The summed E-state index contributed by atoms with van der Waals surface area (Å²) < 4.78 is 9.40. The third-order valence-corrected chi connectivity index (χ3v) is 4.16. The van der Waals surface area contributed by atoms with Gasteiger partial charge in [-0.05, 0) is 13.3 Å². The van der Waals surface area contributed by atoms with Gasteiger partial charge >= 0.3 is 6.16 Å². The van der Waals surface area contributed by atoms with E-state index >= 15 is 0 Å². The molecule has 5 nitrogen and oxygen atoms in total. The summed E-state index contributed by atoms with van der Waals surface area (Å²) in [5.41, 5.74) is 0. The number of carbonyl (C=O) groups excluding carboxylic acids is 2. The lowest BCUT2D eigenvalue weighted by Gasteiger charge is -2.06. The number of rotatable bonds is 17. The molecule has 0 unspecified atom stereocenters. The Labute approximate surface area is 154 Å². The molecule has 0 aliphatic rings. The lowest BCUT2D eigenvalue weighted by molar-refractivity contribution is -0.121. The van der Waals surface area contributed by atoms with Crippen molar-refractivity contribution in [3.8, 4) is 0 Å². The average Bonchev–Trinajstić information content (AvgIpc) is 2.60. The zero-order valence-corrected chi connectivity index (χ0v) is 16.4. The molecule has 5 heteroatoms. The van der Waals surface area contributed by atoms with E-state index in [1.165, 1.54) is 64.2 Å². The second-order valence-corrected chi connectivity index (χ2v) is 6.52. The summed E-state index contributed by atoms with van der Waals surface area (Å²) in [5.74, 6) is 0.0274. The smallest absolute Gasteiger partial charge is 0.435 e. The van der Waals surface area contributed by atoms with E-state index in [0.717, 1.165) is 12.8 Å². The Kier molecular flexibility index (Phi) is 18.1. The molecule has 0 aromatic heterocycles. The highest BCUT2D eigenvalue weighted by Crippen LogP contribution is 2.12. The first kappa shape index (κ1) is 23.7. The van der Waals surface area contributed by atoms with Crippen LogP contribution >= 0.6 is 0 Å². The predicted octanol–water partition coefficient (Wildman–Crippen LogP) is 5.37. The fourth-order valence-corrected chi connectivity index (χ4v) is 2.70. The summed E-state index contributed by atoms with van der Waals surface area (Å²) in [4.78, 5) is 22.5. The molecule has 0 rings (SSSR count). The monoisotopic (exact) mass is 357 g/mol. The fraction of sp³-hybridized carbons (Fsp3) is 0.900. The van der Waals surface area contributed by atoms with Crippen LogP contribution in [0.4, 0.5) is 4.79 Å². The number of hydrogen-bond donors (Lipinski definition) is 1. The molecule has 0 aliphatic heterocycles. The van der Waals surface area contributed by atoms with Crippen molar-refractivity contribution in [2.75, 3.05) is 19.8 Å². The third-order valence-electron chi connectivity index (χ3n) is 4.16. The van der Waals surface area contributed by atoms with Gasteiger partial charge in [0.1, 0.15) is 6.61 Å². The van der Waals surface area contributed by atoms with Crippen molar-refractivity contribution in [2.45, 2.75) is 97.3 Å². The van der Waals surface area contributed by atoms with E-state index in [1.54, 1.807) is 6.92 Å². The molecule has 1 N–H and O–H groups in total. The number of amides is 1. The maximum atomic E-state index is 11.6. The van der Waals surface area contributed by atoms with Gasteiger partial charge in [-0.1, -0.05) is 77.6 Å². The number of hydrogen-bond acceptors (Lipinski definition) is 4. The Bertz CT molecular complexity index is 321. The molecule has 0 heterocycles. The minimum Gasteiger partial charge on any atom is -0.435 e. The largest absolute Gasteiger partial charge is 0.508 e. The Morgan fingerprint density at radius 3 is 1.76 bits per heavy atom. The van der Waals surface area contributed by atoms with Gasteiger partial charge in [0, 0.05) is 6.42 Å². The number of nitrogens with one attached hydrogen (secondary N) is 1. The first-order valence-corrected chi connectivity index (χ1v) is 10.3. The Morgan fingerprint density at radius 1 is 0.720 bits per heavy atom. The zero-order valence-electron chi connectivity index (χ0n) is 16.4. The van der Waals surface area contributed by atoms with E-state index in [1.807, 2.05) is 0 Å². The minimum atomic E-state index is -0.683. The van der Waals surface area contributed by atoms with Crippen molar-refractivity contribution in [3.05, 3.63) is 0 Å². The first-order chi connectivity index (χ1) is 12.2. The van der Waals surface area contributed by atoms with Crippen molar-refractivity contribution in [1.29, 1.82) is 0 Å². The molecule has 0 saturated heterocycles. The molecule has 0 saturated carbocycles. The predicted molar refractivity (Wildman–Crippen MR) is 102 cm³/mol. The fourth-order valence-electron chi connectivity index (χ4n) is 2.70. The van der Waals surface area contributed by atoms with E-state index in [0.29, 0.717) is 19.6 Å². The molecule has 0 aromatic rings. The van der Waals surface area contributed by atoms with Crippen LogP contribution in [-0.2, 0) is 14.3 Å². The van der Waals surface area contributed by atoms with Crippen LogP contribution in [0.1, 0.15) is 97.3 Å². The maximum absolute atomic E-state index is 11.6. The molecular formula is C20H39NO4. The molecule has 148 valence electrons. The van der Waals surface area contributed by atoms with Crippen LogP contribution in [0.15, 0.2) is 0 Å². The third kappa shape index (κ3) is 18.9. The molecule has 0 aliphatic carbocycles. The summed E-state index contributed by atoms with van der Waals surface area (Å²) in [6, 6.07) is 0. The molecule has 0 bridgehead atoms. The second-order valence-electron chi connectivity index (χ2n) is 6.52. The highest BCUT2D eigenvalue weighted by Gasteiger charge is 2.03. The van der Waals surface area contributed by atoms with E-state index in [2.05, 4.69) is 17.0 Å². The van der Waals surface area contributed by atoms with Crippen LogP contribution < -0.4 is 5.32 Å². The molecule has 0 aromatic carbocycles. The maximum Gasteiger partial charge on any atom is 0.508 e. The van der Waals surface area contributed by atoms with Gasteiger partial charge in [0.15, 0.2) is 0 Å². The van der Waals surface area contributed by atoms with Crippen LogP contribution in [0.3, 0.4) is 0 Å². The van der Waals surface area contributed by atoms with Gasteiger partial charge < -0.3 is 14.8 Å². The van der Waals surface area contributed by atoms with Crippen molar-refractivity contribution in [2.24, 2.45) is 0 Å². The van der Waals surface area contributed by atoms with Gasteiger partial charge in [-0.2, -0.15) is 0 Å². The average molecular weight is 358 g/mol. The van der Waals surface area contributed by atoms with Crippen LogP contribution in [0, 0.1) is 0 Å². The minimum absolute atomic E-state index is 0.0274. The summed E-state index contributed by atoms with van der Waals surface area (Å²) in [6.45, 7) is 4.77. The van der Waals surface area contributed by atoms with Crippen molar-refractivity contribution in [3.63, 3.8) is 0 Å². The van der Waals surface area contributed by atoms with Crippen molar-refractivity contribution >= 4 is 12.1 Å². The van der Waals surface area contributed by atoms with Crippen molar-refractivity contribution < 1.29 is 19.1 Å². The standard InChI is InChI=1S/C20H39NO4/c1-3-5-6-7-8-9-10-11-12-13-14-15-16-19(22)21-17-18-25-20(23)24-4-2/h3-18H2,1-2H3,(H,21,22). The van der Waals surface area contributed by atoms with E-state index in [-0.39, 0.29) is 12.5 Å². The lowest BCUT2D eigenvalue weighted by atomic mass is 10.0. The number of ether oxygens (including phenoxy) is 2. The van der Waals surface area contributed by atoms with Crippen LogP contribution in [-0.4, -0.2) is 31.8 Å². The van der Waals surface area contributed by atoms with E-state index in [4.69, 9.17) is 4.74 Å². The van der Waals surface area contributed by atoms with Crippen LogP contribution in [0.5, 0.6) is 0 Å². The molecule has 0 radical (unpaired) electrons. The summed E-state index contributed by atoms with van der Waals surface area (Å²) in [6.07, 6.45) is 15.4. The quantitative estimate of drug-likeness (QED) is 0.281. The molecular weight excluding hydrogens is 318 g/mol. The molecule has 1 amide bonds. The molecule has 0 fully saturated rings. The second kappa shape index (κ2) is 19.1. The summed E-state index contributed by atoms with van der Waals surface area (Å²) in [7, 11) is 0. The van der Waals surface area contributed by atoms with E-state index in [9.17, 15) is 9.59 Å². The first-order valence-electron chi connectivity index (χ1n) is 10.3. The summed E-state index contributed by atoms with van der Waals surface area (Å²) >= 11 is 0. The lowest BCUT2D eigenvalue weighted by Crippen LogP contribution is -2.27. The normalized spacial score (nSPS) is 10.5. The molecule has 0 spiro atoms. The highest BCUT2D eigenvalue weighted by atomic mass is 16.7. The zero-order chi connectivity index (χ0) is 18.6. The molecule has 0 atom stereocenters. The van der Waals surface area contributed by atoms with Gasteiger partial charge in [-0.25, -0.2) is 4.79 Å². The topological polar surface area (TPSA) is 64.6 Å². The van der Waals surface area contributed by atoms with Crippen LogP contribution in [0.25, 0.3) is 0 Å². The Hall–Kier alpha value is -1.26. The highest BCUT2D eigenvalue weighted by molar-refractivity contribution is 5.75. The SMILES string of the molecule is CCCCCCCCCCCCCCC(=O)NCCOC(=O)OCC. The van der Waals surface area contributed by atoms with E-state index < -0.39 is 6.16 Å². The van der Waals surface area contributed by atoms with Gasteiger partial charge in [-0.3, -0.25) is 4.79 Å². The Morgan fingerprint density at radius 2 is 1.24 bits per heavy atom. The number of carbonyl (C=O) groups is 2. The summed E-state index contributed by atoms with van der Waals surface area (Å²) in [5, 5.41) is 2.75. The Balaban J connectivity index is 3.21. The van der Waals surface area contributed by atoms with Crippen LogP contribution in [0.2, 0.25) is 0 Å². The number of unbranched alkanes of at least 4 members (excludes halogenated alkanes) is 11. The molecule has 25 heavy (non-hydrogen) atoms. The van der Waals surface area contributed by atoms with Gasteiger partial charge in [0.2, 0.25) is 5.91 Å². The van der Waals surface area contributed by atoms with Gasteiger partial charge in [-0.15, -0.1) is 0 Å². The van der Waals surface area contributed by atoms with Crippen molar-refractivity contribution in [1.82, 2.24) is 5.32 Å².